The SMILES string of the molecule is CNC(Cc1ccc(Br)cc1Cl)C(OC)C1CCCCC1. The third-order valence-corrected chi connectivity index (χ3v) is 5.45. The van der Waals surface area contributed by atoms with E-state index in [1.54, 1.807) is 0 Å². The van der Waals surface area contributed by atoms with Crippen molar-refractivity contribution in [3.8, 4) is 0 Å². The van der Waals surface area contributed by atoms with Crippen LogP contribution >= 0.6 is 27.5 Å². The van der Waals surface area contributed by atoms with Crippen LogP contribution in [0.5, 0.6) is 0 Å². The maximum absolute atomic E-state index is 6.37. The number of halogens is 2. The van der Waals surface area contributed by atoms with Gasteiger partial charge >= 0.3 is 0 Å². The van der Waals surface area contributed by atoms with Gasteiger partial charge < -0.3 is 10.1 Å². The standard InChI is InChI=1S/C17H25BrClNO/c1-20-16(10-13-8-9-14(18)11-15(13)19)17(21-2)12-6-4-3-5-7-12/h8-9,11-12,16-17,20H,3-7,10H2,1-2H3. The molecule has 1 fully saturated rings. The van der Waals surface area contributed by atoms with Crippen LogP contribution < -0.4 is 5.32 Å². The smallest absolute Gasteiger partial charge is 0.0755 e. The molecule has 21 heavy (non-hydrogen) atoms. The van der Waals surface area contributed by atoms with Crippen LogP contribution in [0.4, 0.5) is 0 Å². The summed E-state index contributed by atoms with van der Waals surface area (Å²) in [4.78, 5) is 0. The molecule has 0 amide bonds. The third kappa shape index (κ3) is 4.69. The first-order valence-electron chi connectivity index (χ1n) is 7.79. The number of likely N-dealkylation sites (N-methyl/N-ethyl adjacent to an activating group) is 1. The molecule has 0 saturated heterocycles. The predicted octanol–water partition coefficient (Wildman–Crippen LogP) is 4.83. The van der Waals surface area contributed by atoms with E-state index in [4.69, 9.17) is 16.3 Å². The second-order valence-electron chi connectivity index (χ2n) is 5.93. The summed E-state index contributed by atoms with van der Waals surface area (Å²) >= 11 is 9.83. The van der Waals surface area contributed by atoms with Crippen molar-refractivity contribution in [2.24, 2.45) is 5.92 Å². The summed E-state index contributed by atoms with van der Waals surface area (Å²) in [5, 5.41) is 4.27. The fraction of sp³-hybridized carbons (Fsp3) is 0.647. The number of ether oxygens (including phenoxy) is 1. The maximum Gasteiger partial charge on any atom is 0.0755 e. The molecule has 1 saturated carbocycles. The van der Waals surface area contributed by atoms with Gasteiger partial charge in [-0.25, -0.2) is 0 Å². The van der Waals surface area contributed by atoms with Gasteiger partial charge in [-0.2, -0.15) is 0 Å². The molecule has 0 aromatic heterocycles. The molecule has 4 heteroatoms. The van der Waals surface area contributed by atoms with Crippen LogP contribution in [0.2, 0.25) is 5.02 Å². The van der Waals surface area contributed by atoms with Crippen molar-refractivity contribution >= 4 is 27.5 Å². The van der Waals surface area contributed by atoms with Gasteiger partial charge in [-0.1, -0.05) is 52.9 Å². The molecular formula is C17H25BrClNO. The van der Waals surface area contributed by atoms with Crippen molar-refractivity contribution < 1.29 is 4.74 Å². The zero-order chi connectivity index (χ0) is 15.2. The Morgan fingerprint density at radius 2 is 2.05 bits per heavy atom. The monoisotopic (exact) mass is 373 g/mol. The second kappa shape index (κ2) is 8.52. The van der Waals surface area contributed by atoms with Gasteiger partial charge in [-0.05, 0) is 49.9 Å². The van der Waals surface area contributed by atoms with Gasteiger partial charge in [0.2, 0.25) is 0 Å². The Morgan fingerprint density at radius 3 is 2.62 bits per heavy atom. The summed E-state index contributed by atoms with van der Waals surface area (Å²) in [6, 6.07) is 6.42. The van der Waals surface area contributed by atoms with Gasteiger partial charge in [0.1, 0.15) is 0 Å². The normalized spacial score (nSPS) is 19.4. The van der Waals surface area contributed by atoms with E-state index in [9.17, 15) is 0 Å². The first-order valence-corrected chi connectivity index (χ1v) is 8.96. The van der Waals surface area contributed by atoms with Crippen LogP contribution in [0, 0.1) is 5.92 Å². The van der Waals surface area contributed by atoms with Crippen LogP contribution in [-0.4, -0.2) is 26.3 Å². The van der Waals surface area contributed by atoms with Crippen molar-refractivity contribution in [1.82, 2.24) is 5.32 Å². The van der Waals surface area contributed by atoms with E-state index in [1.807, 2.05) is 20.2 Å². The molecule has 118 valence electrons. The van der Waals surface area contributed by atoms with E-state index in [2.05, 4.69) is 33.4 Å². The van der Waals surface area contributed by atoms with E-state index in [0.717, 1.165) is 15.9 Å². The number of hydrogen-bond acceptors (Lipinski definition) is 2. The number of nitrogens with one attached hydrogen (secondary N) is 1. The van der Waals surface area contributed by atoms with Crippen molar-refractivity contribution in [3.05, 3.63) is 33.3 Å². The molecular weight excluding hydrogens is 350 g/mol. The molecule has 0 heterocycles. The first-order chi connectivity index (χ1) is 10.2. The number of rotatable bonds is 6. The van der Waals surface area contributed by atoms with E-state index in [1.165, 1.54) is 37.7 Å². The summed E-state index contributed by atoms with van der Waals surface area (Å²) < 4.78 is 6.88. The van der Waals surface area contributed by atoms with Crippen LogP contribution in [0.25, 0.3) is 0 Å². The summed E-state index contributed by atoms with van der Waals surface area (Å²) in [6.45, 7) is 0. The number of methoxy groups -OCH3 is 1. The van der Waals surface area contributed by atoms with Gasteiger partial charge in [0.15, 0.2) is 0 Å². The molecule has 0 bridgehead atoms. The summed E-state index contributed by atoms with van der Waals surface area (Å²) in [5.41, 5.74) is 1.18. The second-order valence-corrected chi connectivity index (χ2v) is 7.26. The Balaban J connectivity index is 2.09. The van der Waals surface area contributed by atoms with Gasteiger partial charge in [0, 0.05) is 22.6 Å². The van der Waals surface area contributed by atoms with Gasteiger partial charge in [0.25, 0.3) is 0 Å². The zero-order valence-corrected chi connectivity index (χ0v) is 15.2. The van der Waals surface area contributed by atoms with Crippen molar-refractivity contribution in [2.75, 3.05) is 14.2 Å². The topological polar surface area (TPSA) is 21.3 Å². The number of benzene rings is 1. The molecule has 2 rings (SSSR count). The zero-order valence-electron chi connectivity index (χ0n) is 12.9. The van der Waals surface area contributed by atoms with E-state index in [0.29, 0.717) is 12.0 Å². The minimum absolute atomic E-state index is 0.259. The largest absolute Gasteiger partial charge is 0.380 e. The van der Waals surface area contributed by atoms with Gasteiger partial charge in [-0.3, -0.25) is 0 Å². The number of hydrogen-bond donors (Lipinski definition) is 1. The van der Waals surface area contributed by atoms with Crippen LogP contribution in [0.3, 0.4) is 0 Å². The lowest BCUT2D eigenvalue weighted by atomic mass is 9.81. The minimum Gasteiger partial charge on any atom is -0.380 e. The highest BCUT2D eigenvalue weighted by Crippen LogP contribution is 2.31. The summed E-state index contributed by atoms with van der Waals surface area (Å²) in [5.74, 6) is 0.662. The van der Waals surface area contributed by atoms with E-state index in [-0.39, 0.29) is 6.10 Å². The van der Waals surface area contributed by atoms with Crippen molar-refractivity contribution in [1.29, 1.82) is 0 Å². The average Bonchev–Trinajstić information content (AvgIpc) is 2.50. The molecule has 1 aliphatic rings. The summed E-state index contributed by atoms with van der Waals surface area (Å²) in [7, 11) is 3.86. The minimum atomic E-state index is 0.259. The van der Waals surface area contributed by atoms with Crippen molar-refractivity contribution in [3.63, 3.8) is 0 Å². The maximum atomic E-state index is 6.37. The predicted molar refractivity (Wildman–Crippen MR) is 93.1 cm³/mol. The lowest BCUT2D eigenvalue weighted by Crippen LogP contribution is -2.45. The molecule has 1 aromatic carbocycles. The molecule has 0 aliphatic heterocycles. The molecule has 1 aliphatic carbocycles. The Bertz CT molecular complexity index is 448. The highest BCUT2D eigenvalue weighted by Gasteiger charge is 2.30. The summed E-state index contributed by atoms with van der Waals surface area (Å²) in [6.07, 6.45) is 7.76. The lowest BCUT2D eigenvalue weighted by molar-refractivity contribution is 0.0102. The quantitative estimate of drug-likeness (QED) is 0.770. The van der Waals surface area contributed by atoms with E-state index < -0.39 is 0 Å². The Kier molecular flexibility index (Phi) is 7.00. The fourth-order valence-electron chi connectivity index (χ4n) is 3.45. The first kappa shape index (κ1) is 17.3. The molecule has 0 radical (unpaired) electrons. The molecule has 1 N–H and O–H groups in total. The van der Waals surface area contributed by atoms with Gasteiger partial charge in [-0.15, -0.1) is 0 Å². The third-order valence-electron chi connectivity index (χ3n) is 4.61. The highest BCUT2D eigenvalue weighted by molar-refractivity contribution is 9.10. The molecule has 0 spiro atoms. The average molecular weight is 375 g/mol. The molecule has 2 nitrogen and oxygen atoms in total. The fourth-order valence-corrected chi connectivity index (χ4v) is 4.21. The van der Waals surface area contributed by atoms with Crippen molar-refractivity contribution in [2.45, 2.75) is 50.7 Å². The molecule has 2 atom stereocenters. The molecule has 1 aromatic rings. The Hall–Kier alpha value is -0.0900. The van der Waals surface area contributed by atoms with Crippen LogP contribution in [-0.2, 0) is 11.2 Å². The Labute approximate surface area is 141 Å². The Morgan fingerprint density at radius 1 is 1.33 bits per heavy atom. The van der Waals surface area contributed by atoms with Gasteiger partial charge in [0.05, 0.1) is 6.10 Å². The van der Waals surface area contributed by atoms with E-state index >= 15 is 0 Å². The lowest BCUT2D eigenvalue weighted by Gasteiger charge is -2.35. The van der Waals surface area contributed by atoms with Crippen LogP contribution in [0.15, 0.2) is 22.7 Å². The molecule has 2 unspecified atom stereocenters. The van der Waals surface area contributed by atoms with Crippen LogP contribution in [0.1, 0.15) is 37.7 Å². The highest BCUT2D eigenvalue weighted by atomic mass is 79.9.